The first kappa shape index (κ1) is 68.7. The van der Waals surface area contributed by atoms with Gasteiger partial charge in [0.15, 0.2) is 0 Å². The molecule has 0 bridgehead atoms. The van der Waals surface area contributed by atoms with Gasteiger partial charge in [-0.25, -0.2) is 19.3 Å². The molecule has 0 aliphatic carbocycles. The standard InChI is InChI=1S/C67H87F4N13O7S/c1-42-37-83(38-43(2)79(42)7)55-32-53(68)50(30-54(55)77-62(89)51-36-72-58(87)31-52(51)67(69,70)71)47-21-23-82(24-22-47)65-74-34-46(35-75-65)39-80-25-27-81(28-26-80)59(88)16-14-12-10-8-9-11-13-15-57(86)78-61(66(4,5)6)64(91)84-40-49(85)29-56(84)63(90)73-33-45-17-19-48(20-18-45)60-44(3)76-41-92-60/h17-21,30-32,34-36,41-43,49,56,61,85H,8-16,22-29,33,37-40H2,1-7H3,(H,72,87)(H,73,90)(H,77,89)(H,78,86)/t42-,43+,49-,56+,61?/m1/s1. The molecule has 7 heterocycles. The van der Waals surface area contributed by atoms with Crippen LogP contribution in [0, 0.1) is 18.2 Å². The average molecular weight is 1290 g/mol. The van der Waals surface area contributed by atoms with Crippen LogP contribution in [0.1, 0.15) is 144 Å². The summed E-state index contributed by atoms with van der Waals surface area (Å²) in [6.07, 6.45) is 7.78. The number of carbonyl (C=O) groups is 5. The van der Waals surface area contributed by atoms with Crippen molar-refractivity contribution in [2.24, 2.45) is 5.41 Å². The molecular formula is C67H87F4N13O7S. The molecule has 92 heavy (non-hydrogen) atoms. The summed E-state index contributed by atoms with van der Waals surface area (Å²) < 4.78 is 58.4. The maximum atomic E-state index is 16.3. The fraction of sp³-hybridized carbons (Fsp3) is 0.537. The van der Waals surface area contributed by atoms with E-state index in [1.165, 1.54) is 17.0 Å². The summed E-state index contributed by atoms with van der Waals surface area (Å²) >= 11 is 1.57. The van der Waals surface area contributed by atoms with Gasteiger partial charge < -0.3 is 45.6 Å². The lowest BCUT2D eigenvalue weighted by Crippen LogP contribution is -2.57. The first-order valence-electron chi connectivity index (χ1n) is 32.0. The first-order chi connectivity index (χ1) is 43.8. The quantitative estimate of drug-likeness (QED) is 0.0304. The topological polar surface area (TPSA) is 233 Å². The van der Waals surface area contributed by atoms with Crippen molar-refractivity contribution < 1.29 is 46.6 Å². The normalized spacial score (nSPS) is 19.6. The van der Waals surface area contributed by atoms with E-state index in [4.69, 9.17) is 0 Å². The van der Waals surface area contributed by atoms with Crippen LogP contribution >= 0.6 is 11.3 Å². The number of aliphatic hydroxyl groups is 1. The number of amides is 5. The molecule has 0 spiro atoms. The van der Waals surface area contributed by atoms with E-state index in [2.05, 4.69) is 45.7 Å². The van der Waals surface area contributed by atoms with E-state index in [0.29, 0.717) is 101 Å². The number of carbonyl (C=O) groups excluding carboxylic acids is 5. The highest BCUT2D eigenvalue weighted by Gasteiger charge is 2.45. The van der Waals surface area contributed by atoms with E-state index in [-0.39, 0.29) is 72.9 Å². The Morgan fingerprint density at radius 3 is 2.11 bits per heavy atom. The fourth-order valence-electron chi connectivity index (χ4n) is 12.6. The van der Waals surface area contributed by atoms with Crippen LogP contribution in [-0.4, -0.2) is 170 Å². The number of pyridine rings is 1. The zero-order chi connectivity index (χ0) is 66.0. The Morgan fingerprint density at radius 1 is 0.826 bits per heavy atom. The molecule has 20 nitrogen and oxygen atoms in total. The van der Waals surface area contributed by atoms with Crippen LogP contribution in [0.5, 0.6) is 0 Å². The second-order valence-corrected chi connectivity index (χ2v) is 26.9. The maximum absolute atomic E-state index is 16.3. The van der Waals surface area contributed by atoms with Crippen LogP contribution in [0.25, 0.3) is 16.0 Å². The average Bonchev–Trinajstić information content (AvgIpc) is 0.831. The number of nitrogens with zero attached hydrogens (tertiary/aromatic N) is 9. The van der Waals surface area contributed by atoms with Crippen LogP contribution in [0.3, 0.4) is 0 Å². The highest BCUT2D eigenvalue weighted by molar-refractivity contribution is 7.13. The SMILES string of the molecule is Cc1ncsc1-c1ccc(CNC(=O)[C@@H]2C[C@@H](O)CN2C(=O)C(NC(=O)CCCCCCCCCC(=O)N2CCN(Cc3cnc(N4CC=C(c5cc(NC(=O)c6c[nH]c(=O)cc6C(F)(F)F)c(N6C[C@@H](C)N(C)[C@@H](C)C6)cc5F)CC4)nc3)CC2)C(C)(C)C)cc1. The molecule has 4 aliphatic heterocycles. The van der Waals surface area contributed by atoms with E-state index in [0.717, 1.165) is 72.0 Å². The zero-order valence-corrected chi connectivity index (χ0v) is 54.5. The number of likely N-dealkylation sites (N-methyl/N-ethyl adjacent to an activating group) is 1. The fourth-order valence-corrected chi connectivity index (χ4v) is 13.4. The van der Waals surface area contributed by atoms with Gasteiger partial charge in [0.25, 0.3) is 5.91 Å². The number of anilines is 3. The summed E-state index contributed by atoms with van der Waals surface area (Å²) in [6.45, 7) is 17.0. The predicted molar refractivity (Wildman–Crippen MR) is 347 cm³/mol. The number of hydrogen-bond acceptors (Lipinski definition) is 15. The lowest BCUT2D eigenvalue weighted by molar-refractivity contribution is -0.144. The summed E-state index contributed by atoms with van der Waals surface area (Å²) in [5, 5.41) is 19.2. The van der Waals surface area contributed by atoms with Gasteiger partial charge in [-0.3, -0.25) is 38.6 Å². The van der Waals surface area contributed by atoms with Gasteiger partial charge in [-0.2, -0.15) is 13.2 Å². The molecule has 25 heteroatoms. The van der Waals surface area contributed by atoms with E-state index in [1.54, 1.807) is 23.7 Å². The van der Waals surface area contributed by atoms with Crippen molar-refractivity contribution in [3.05, 3.63) is 122 Å². The number of aromatic nitrogens is 4. The number of hydrogen-bond donors (Lipinski definition) is 5. The second kappa shape index (κ2) is 30.4. The van der Waals surface area contributed by atoms with Crippen LogP contribution in [0.15, 0.2) is 77.4 Å². The van der Waals surface area contributed by atoms with Crippen molar-refractivity contribution in [1.29, 1.82) is 0 Å². The lowest BCUT2D eigenvalue weighted by atomic mass is 9.85. The van der Waals surface area contributed by atoms with E-state index < -0.39 is 58.2 Å². The summed E-state index contributed by atoms with van der Waals surface area (Å²) in [7, 11) is 1.99. The number of likely N-dealkylation sites (tertiary alicyclic amines) is 1. The lowest BCUT2D eigenvalue weighted by Gasteiger charge is -2.44. The molecule has 0 radical (unpaired) electrons. The summed E-state index contributed by atoms with van der Waals surface area (Å²) in [5.41, 5.74) is 3.17. The molecule has 1 unspecified atom stereocenters. The third-order valence-electron chi connectivity index (χ3n) is 18.2. The minimum atomic E-state index is -4.98. The monoisotopic (exact) mass is 1290 g/mol. The highest BCUT2D eigenvalue weighted by atomic mass is 32.1. The number of aliphatic hydroxyl groups excluding tert-OH is 1. The zero-order valence-electron chi connectivity index (χ0n) is 53.7. The molecule has 2 aromatic carbocycles. The van der Waals surface area contributed by atoms with Crippen LogP contribution in [0.4, 0.5) is 34.9 Å². The number of rotatable bonds is 23. The van der Waals surface area contributed by atoms with E-state index >= 15 is 4.39 Å². The molecule has 5 amide bonds. The number of halogens is 4. The highest BCUT2D eigenvalue weighted by Crippen LogP contribution is 2.38. The van der Waals surface area contributed by atoms with Gasteiger partial charge in [0.05, 0.1) is 44.7 Å². The number of benzene rings is 2. The van der Waals surface area contributed by atoms with Gasteiger partial charge in [-0.15, -0.1) is 11.3 Å². The summed E-state index contributed by atoms with van der Waals surface area (Å²) in [5.74, 6) is -1.96. The van der Waals surface area contributed by atoms with E-state index in [9.17, 15) is 47.0 Å². The molecule has 5 N–H and O–H groups in total. The number of unbranched alkanes of at least 4 members (excludes halogenated alkanes) is 6. The van der Waals surface area contributed by atoms with Gasteiger partial charge in [0.2, 0.25) is 35.1 Å². The number of β-amino-alcohol motifs (C(OH)–C–C–N with tert-alkyl or cyclic N) is 1. The van der Waals surface area contributed by atoms with Gasteiger partial charge in [-0.1, -0.05) is 83.2 Å². The molecule has 5 aromatic rings. The third-order valence-corrected chi connectivity index (χ3v) is 19.2. The van der Waals surface area contributed by atoms with Crippen LogP contribution in [-0.2, 0) is 38.4 Å². The minimum Gasteiger partial charge on any atom is -0.391 e. The number of H-pyrrole nitrogens is 1. The maximum Gasteiger partial charge on any atom is 0.417 e. The number of aromatic amines is 1. The molecule has 0 saturated carbocycles. The van der Waals surface area contributed by atoms with Crippen molar-refractivity contribution in [3.8, 4) is 10.4 Å². The Bertz CT molecular complexity index is 3480. The molecule has 3 saturated heterocycles. The Morgan fingerprint density at radius 2 is 1.49 bits per heavy atom. The van der Waals surface area contributed by atoms with Crippen molar-refractivity contribution in [1.82, 2.24) is 50.2 Å². The van der Waals surface area contributed by atoms with Crippen LogP contribution in [0.2, 0.25) is 0 Å². The summed E-state index contributed by atoms with van der Waals surface area (Å²) in [6, 6.07) is 9.40. The number of thiazole rings is 1. The van der Waals surface area contributed by atoms with E-state index in [1.807, 2.05) is 99.1 Å². The first-order valence-corrected chi connectivity index (χ1v) is 32.9. The Hall–Kier alpha value is -7.61. The number of piperazine rings is 2. The van der Waals surface area contributed by atoms with Gasteiger partial charge in [0.1, 0.15) is 17.9 Å². The molecule has 3 fully saturated rings. The molecule has 4 aliphatic rings. The minimum absolute atomic E-state index is 0.00575. The van der Waals surface area contributed by atoms with Crippen LogP contribution < -0.4 is 31.3 Å². The van der Waals surface area contributed by atoms with Crippen molar-refractivity contribution in [2.45, 2.75) is 162 Å². The van der Waals surface area contributed by atoms with Gasteiger partial charge >= 0.3 is 6.18 Å². The molecule has 496 valence electrons. The smallest absolute Gasteiger partial charge is 0.391 e. The number of alkyl halides is 3. The van der Waals surface area contributed by atoms with Gasteiger partial charge in [-0.05, 0) is 81.3 Å². The second-order valence-electron chi connectivity index (χ2n) is 26.1. The summed E-state index contributed by atoms with van der Waals surface area (Å²) in [4.78, 5) is 108. The molecular weight excluding hydrogens is 1210 g/mol. The molecule has 3 aromatic heterocycles. The van der Waals surface area contributed by atoms with Crippen molar-refractivity contribution in [2.75, 3.05) is 81.1 Å². The Balaban J connectivity index is 0.661. The van der Waals surface area contributed by atoms with Gasteiger partial charge in [0, 0.05) is 139 Å². The Kier molecular flexibility index (Phi) is 22.7. The predicted octanol–water partition coefficient (Wildman–Crippen LogP) is 8.79. The molecule has 5 atom stereocenters. The third kappa shape index (κ3) is 17.5. The van der Waals surface area contributed by atoms with Crippen molar-refractivity contribution in [3.63, 3.8) is 0 Å². The Labute approximate surface area is 539 Å². The number of nitrogens with one attached hydrogen (secondary N) is 4. The molecule has 9 rings (SSSR count). The van der Waals surface area contributed by atoms with Crippen molar-refractivity contribution >= 4 is 63.8 Å². The largest absolute Gasteiger partial charge is 0.417 e. The number of aryl methyl sites for hydroxylation is 1.